The molecule has 0 atom stereocenters. The second-order valence-corrected chi connectivity index (χ2v) is 34.7. The highest BCUT2D eigenvalue weighted by atomic mass is 35.5. The molecule has 25 rings (SSSR count). The maximum atomic E-state index is 6.49. The number of hydrogen-bond donors (Lipinski definition) is 0. The molecule has 0 amide bonds. The molecule has 2 saturated carbocycles. The summed E-state index contributed by atoms with van der Waals surface area (Å²) in [7, 11) is -0.293. The molecular weight excluding hydrogens is 1520 g/mol. The smallest absolute Gasteiger partial charge is 0.456 e. The van der Waals surface area contributed by atoms with E-state index in [0.717, 1.165) is 121 Å². The molecule has 1 saturated heterocycles. The molecule has 0 N–H and O–H groups in total. The lowest BCUT2D eigenvalue weighted by molar-refractivity contribution is 0.00578. The summed E-state index contributed by atoms with van der Waals surface area (Å²) in [6.07, 6.45) is 12.5. The summed E-state index contributed by atoms with van der Waals surface area (Å²) in [5.41, 5.74) is 26.5. The summed E-state index contributed by atoms with van der Waals surface area (Å²) in [6, 6.07) is 105. The molecular formula is C108H82BClN6O6. The Kier molecular flexibility index (Phi) is 17.5. The number of nitrogens with zero attached hydrogens (tertiary/aromatic N) is 6. The van der Waals surface area contributed by atoms with E-state index in [-0.39, 0.29) is 29.2 Å². The highest BCUT2D eigenvalue weighted by Gasteiger charge is 2.55. The van der Waals surface area contributed by atoms with Gasteiger partial charge in [-0.15, -0.1) is 0 Å². The maximum Gasteiger partial charge on any atom is 0.495 e. The first-order valence-electron chi connectivity index (χ1n) is 42.7. The van der Waals surface area contributed by atoms with Crippen LogP contribution in [0.25, 0.3) is 189 Å². The van der Waals surface area contributed by atoms with Crippen LogP contribution in [0.2, 0.25) is 5.02 Å². The summed E-state index contributed by atoms with van der Waals surface area (Å²) in [5, 5.41) is 8.61. The Balaban J connectivity index is 0.000000114. The molecule has 2 spiro atoms. The van der Waals surface area contributed by atoms with Crippen LogP contribution in [0.15, 0.2) is 321 Å². The van der Waals surface area contributed by atoms with E-state index in [4.69, 9.17) is 68.5 Å². The molecule has 7 heterocycles. The summed E-state index contributed by atoms with van der Waals surface area (Å²) in [4.78, 5) is 30.9. The Labute approximate surface area is 710 Å². The molecule has 5 aliphatic rings. The van der Waals surface area contributed by atoms with Gasteiger partial charge in [-0.3, -0.25) is 0 Å². The third-order valence-corrected chi connectivity index (χ3v) is 27.1. The number of halogens is 1. The van der Waals surface area contributed by atoms with Gasteiger partial charge in [0.05, 0.1) is 11.2 Å². The molecule has 4 aliphatic carbocycles. The Hall–Kier alpha value is -13.4. The van der Waals surface area contributed by atoms with Gasteiger partial charge < -0.3 is 27.0 Å². The zero-order valence-corrected chi connectivity index (χ0v) is 68.8. The number of hydrogen-bond acceptors (Lipinski definition) is 12. The number of benzene rings is 14. The lowest BCUT2D eigenvalue weighted by Gasteiger charge is -2.37. The third-order valence-electron chi connectivity index (χ3n) is 26.9. The van der Waals surface area contributed by atoms with Crippen molar-refractivity contribution in [1.82, 2.24) is 29.9 Å². The first kappa shape index (κ1) is 73.7. The van der Waals surface area contributed by atoms with Crippen LogP contribution in [0.3, 0.4) is 0 Å². The summed E-state index contributed by atoms with van der Waals surface area (Å²) >= 11 is 6.37. The number of aromatic nitrogens is 6. The fourth-order valence-electron chi connectivity index (χ4n) is 20.7. The van der Waals surface area contributed by atoms with Crippen molar-refractivity contribution in [3.63, 3.8) is 0 Å². The normalized spacial score (nSPS) is 15.8. The molecule has 0 radical (unpaired) electrons. The van der Waals surface area contributed by atoms with Gasteiger partial charge in [-0.25, -0.2) is 29.9 Å². The Morgan fingerprint density at radius 2 is 0.566 bits per heavy atom. The molecule has 590 valence electrons. The molecule has 14 aromatic carbocycles. The molecule has 122 heavy (non-hydrogen) atoms. The third kappa shape index (κ3) is 11.9. The average Bonchev–Trinajstić information content (AvgIpc) is 1.55. The monoisotopic (exact) mass is 1600 g/mol. The van der Waals surface area contributed by atoms with E-state index in [1.807, 2.05) is 158 Å². The van der Waals surface area contributed by atoms with Crippen LogP contribution in [0.4, 0.5) is 0 Å². The van der Waals surface area contributed by atoms with Crippen molar-refractivity contribution in [2.24, 2.45) is 0 Å². The van der Waals surface area contributed by atoms with Crippen molar-refractivity contribution in [1.29, 1.82) is 0 Å². The molecule has 12 nitrogen and oxygen atoms in total. The Morgan fingerprint density at radius 3 is 0.992 bits per heavy atom. The van der Waals surface area contributed by atoms with Crippen LogP contribution in [0, 0.1) is 0 Å². The number of rotatable bonds is 8. The average molecular weight is 1610 g/mol. The van der Waals surface area contributed by atoms with Crippen LogP contribution < -0.4 is 5.46 Å². The van der Waals surface area contributed by atoms with Gasteiger partial charge in [-0.2, -0.15) is 0 Å². The first-order valence-corrected chi connectivity index (χ1v) is 43.0. The molecule has 20 aromatic rings. The molecule has 0 unspecified atom stereocenters. The van der Waals surface area contributed by atoms with E-state index in [0.29, 0.717) is 40.0 Å². The topological polar surface area (TPSA) is 148 Å². The van der Waals surface area contributed by atoms with Crippen molar-refractivity contribution in [2.75, 3.05) is 0 Å². The maximum absolute atomic E-state index is 6.49. The van der Waals surface area contributed by atoms with Crippen molar-refractivity contribution in [3.05, 3.63) is 331 Å². The van der Waals surface area contributed by atoms with Crippen LogP contribution in [-0.4, -0.2) is 48.2 Å². The van der Waals surface area contributed by atoms with Gasteiger partial charge in [0.1, 0.15) is 44.7 Å². The van der Waals surface area contributed by atoms with Crippen molar-refractivity contribution >= 4 is 112 Å². The number of para-hydroxylation sites is 4. The minimum absolute atomic E-state index is 0.0301. The van der Waals surface area contributed by atoms with E-state index in [9.17, 15) is 0 Å². The van der Waals surface area contributed by atoms with Crippen LogP contribution >= 0.6 is 11.6 Å². The van der Waals surface area contributed by atoms with Gasteiger partial charge in [-0.05, 0) is 181 Å². The highest BCUT2D eigenvalue weighted by Crippen LogP contribution is 2.60. The summed E-state index contributed by atoms with van der Waals surface area (Å²) < 4.78 is 37.9. The van der Waals surface area contributed by atoms with Gasteiger partial charge in [0, 0.05) is 92.3 Å². The fourth-order valence-corrected chi connectivity index (χ4v) is 20.9. The van der Waals surface area contributed by atoms with Gasteiger partial charge in [0.25, 0.3) is 0 Å². The Morgan fingerprint density at radius 1 is 0.262 bits per heavy atom. The number of fused-ring (bicyclic) bond motifs is 22. The fraction of sp³-hybridized carbons (Fsp3) is 0.167. The van der Waals surface area contributed by atoms with Gasteiger partial charge in [0.2, 0.25) is 0 Å². The van der Waals surface area contributed by atoms with E-state index in [2.05, 4.69) is 173 Å². The predicted octanol–water partition coefficient (Wildman–Crippen LogP) is 28.1. The summed E-state index contributed by atoms with van der Waals surface area (Å²) in [5.74, 6) is 3.44. The lowest BCUT2D eigenvalue weighted by Crippen LogP contribution is -2.42. The molecule has 6 aromatic heterocycles. The standard InChI is InChI=1S/C51H35N3O2.C33H18ClN3O2.C24H29BO2/c1-8-28-51(29-9-1)40-23-5-2-16-34(40)35-20-11-19-33(47(35)51)31-14-10-15-32(30-31)48-52-49(38-21-12-26-43-45(38)36-17-3-6-24-41(36)55-43)54-50(53-48)39-22-13-27-44-46(39)37-18-4-7-25-42(37)56-44;34-20-9-5-8-19(18-20)31-35-32(23-12-6-16-27-29(23)21-10-1-3-14-25(21)38-27)37-33(36-31)24-13-7-17-28-30(24)22-11-2-4-15-26(22)39-28;1-22(2)23(3,4)27-25(26-22)20-14-10-12-18-17-11-6-7-13-19(17)24(21(18)20)15-8-5-9-16-24/h2-7,10-27,30H,1,8-9,28-29H2;1-18H;6-7,10-14H,5,8-9,15-16H2,1-4H3. The number of furan rings is 4. The van der Waals surface area contributed by atoms with E-state index >= 15 is 0 Å². The van der Waals surface area contributed by atoms with Gasteiger partial charge in [0.15, 0.2) is 34.9 Å². The SMILES string of the molecule is CC1(C)OB(c2cccc3c2C2(CCCCC2)c2ccccc2-3)OC1(C)C.Clc1cccc(-c2nc(-c3cccc4oc5ccccc5c34)nc(-c3cccc4oc5ccccc5c34)n2)c1.c1cc(-c2nc(-c3cccc4oc5ccccc5c34)nc(-c3cccc4oc5ccccc5c34)n2)cc(-c2cccc3c2C2(CCCCC2)c2ccccc2-3)c1. The van der Waals surface area contributed by atoms with Gasteiger partial charge >= 0.3 is 7.12 Å². The minimum Gasteiger partial charge on any atom is -0.456 e. The zero-order valence-electron chi connectivity index (χ0n) is 68.0. The molecule has 0 bridgehead atoms. The molecule has 3 fully saturated rings. The summed E-state index contributed by atoms with van der Waals surface area (Å²) in [6.45, 7) is 8.56. The van der Waals surface area contributed by atoms with Crippen LogP contribution in [-0.2, 0) is 20.1 Å². The van der Waals surface area contributed by atoms with Gasteiger partial charge in [-0.1, -0.05) is 287 Å². The lowest BCUT2D eigenvalue weighted by atomic mass is 9.62. The van der Waals surface area contributed by atoms with Crippen molar-refractivity contribution in [3.8, 4) is 102 Å². The highest BCUT2D eigenvalue weighted by molar-refractivity contribution is 6.63. The minimum atomic E-state index is -0.314. The van der Waals surface area contributed by atoms with Crippen molar-refractivity contribution in [2.45, 2.75) is 114 Å². The van der Waals surface area contributed by atoms with Crippen LogP contribution in [0.5, 0.6) is 0 Å². The quantitative estimate of drug-likeness (QED) is 0.133. The Bertz CT molecular complexity index is 7350. The molecule has 1 aliphatic heterocycles. The van der Waals surface area contributed by atoms with E-state index in [1.165, 1.54) is 125 Å². The second kappa shape index (κ2) is 28.9. The molecule has 14 heteroatoms. The zero-order chi connectivity index (χ0) is 81.6. The largest absolute Gasteiger partial charge is 0.495 e. The van der Waals surface area contributed by atoms with E-state index in [1.54, 1.807) is 0 Å². The van der Waals surface area contributed by atoms with Crippen molar-refractivity contribution < 1.29 is 27.0 Å². The first-order chi connectivity index (χ1) is 59.8. The van der Waals surface area contributed by atoms with Crippen LogP contribution in [0.1, 0.15) is 114 Å². The predicted molar refractivity (Wildman–Crippen MR) is 493 cm³/mol. The van der Waals surface area contributed by atoms with E-state index < -0.39 is 0 Å². The second-order valence-electron chi connectivity index (χ2n) is 34.3.